The predicted octanol–water partition coefficient (Wildman–Crippen LogP) is 3.05. The van der Waals surface area contributed by atoms with Crippen LogP contribution >= 0.6 is 0 Å². The first-order chi connectivity index (χ1) is 15.1. The number of tetrazole rings is 1. The van der Waals surface area contributed by atoms with Crippen molar-refractivity contribution in [1.82, 2.24) is 30.1 Å². The van der Waals surface area contributed by atoms with Gasteiger partial charge in [0.25, 0.3) is 5.91 Å². The predicted molar refractivity (Wildman–Crippen MR) is 116 cm³/mol. The molecule has 8 nitrogen and oxygen atoms in total. The minimum atomic E-state index is -0.0880. The van der Waals surface area contributed by atoms with Gasteiger partial charge in [0.05, 0.1) is 12.8 Å². The third-order valence-electron chi connectivity index (χ3n) is 4.96. The van der Waals surface area contributed by atoms with Crippen LogP contribution in [0.5, 0.6) is 5.75 Å². The molecule has 2 heterocycles. The van der Waals surface area contributed by atoms with Gasteiger partial charge in [0.1, 0.15) is 12.1 Å². The zero-order valence-corrected chi connectivity index (χ0v) is 17.3. The summed E-state index contributed by atoms with van der Waals surface area (Å²) in [5.74, 6) is 0.653. The van der Waals surface area contributed by atoms with E-state index in [9.17, 15) is 4.79 Å². The molecule has 0 atom stereocenters. The fourth-order valence-electron chi connectivity index (χ4n) is 3.27. The monoisotopic (exact) mass is 414 g/mol. The molecule has 2 aromatic heterocycles. The smallest absolute Gasteiger partial charge is 0.253 e. The van der Waals surface area contributed by atoms with Gasteiger partial charge >= 0.3 is 0 Å². The number of benzene rings is 2. The maximum atomic E-state index is 13.2. The van der Waals surface area contributed by atoms with Gasteiger partial charge in [-0.3, -0.25) is 9.78 Å². The van der Waals surface area contributed by atoms with E-state index in [1.165, 1.54) is 11.0 Å². The van der Waals surface area contributed by atoms with E-state index in [1.807, 2.05) is 54.6 Å². The van der Waals surface area contributed by atoms with Gasteiger partial charge < -0.3 is 9.64 Å². The Morgan fingerprint density at radius 3 is 2.71 bits per heavy atom. The van der Waals surface area contributed by atoms with Crippen molar-refractivity contribution in [3.8, 4) is 22.6 Å². The zero-order chi connectivity index (χ0) is 21.6. The lowest BCUT2D eigenvalue weighted by Gasteiger charge is -2.18. The summed E-state index contributed by atoms with van der Waals surface area (Å²) in [6.45, 7) is 0.555. The van der Waals surface area contributed by atoms with E-state index in [0.717, 1.165) is 22.6 Å². The molecule has 156 valence electrons. The second kappa shape index (κ2) is 9.17. The van der Waals surface area contributed by atoms with E-state index in [2.05, 4.69) is 20.5 Å². The van der Waals surface area contributed by atoms with Crippen LogP contribution in [0.4, 0.5) is 0 Å². The van der Waals surface area contributed by atoms with Gasteiger partial charge in [0.2, 0.25) is 0 Å². The molecular weight excluding hydrogens is 392 g/mol. The lowest BCUT2D eigenvalue weighted by molar-refractivity contribution is 0.0796. The van der Waals surface area contributed by atoms with Crippen molar-refractivity contribution in [1.29, 1.82) is 0 Å². The Labute approximate surface area is 180 Å². The van der Waals surface area contributed by atoms with Gasteiger partial charge in [0, 0.05) is 37.5 Å². The van der Waals surface area contributed by atoms with Crippen LogP contribution in [0.1, 0.15) is 16.1 Å². The minimum Gasteiger partial charge on any atom is -0.497 e. The van der Waals surface area contributed by atoms with E-state index in [0.29, 0.717) is 24.2 Å². The molecule has 4 aromatic rings. The van der Waals surface area contributed by atoms with Crippen LogP contribution in [0.25, 0.3) is 16.8 Å². The van der Waals surface area contributed by atoms with Crippen LogP contribution in [0.3, 0.4) is 0 Å². The van der Waals surface area contributed by atoms with E-state index in [1.54, 1.807) is 31.3 Å². The van der Waals surface area contributed by atoms with Crippen LogP contribution in [0, 0.1) is 0 Å². The normalized spacial score (nSPS) is 10.6. The van der Waals surface area contributed by atoms with Gasteiger partial charge in [0.15, 0.2) is 0 Å². The fraction of sp³-hybridized carbons (Fsp3) is 0.174. The Bertz CT molecular complexity index is 1160. The number of hydrogen-bond donors (Lipinski definition) is 0. The molecule has 0 N–H and O–H groups in total. The van der Waals surface area contributed by atoms with E-state index in [4.69, 9.17) is 4.74 Å². The van der Waals surface area contributed by atoms with Gasteiger partial charge in [-0.05, 0) is 64.0 Å². The zero-order valence-electron chi connectivity index (χ0n) is 17.3. The number of hydrogen-bond acceptors (Lipinski definition) is 6. The van der Waals surface area contributed by atoms with Crippen molar-refractivity contribution >= 4 is 5.91 Å². The molecule has 4 rings (SSSR count). The highest BCUT2D eigenvalue weighted by molar-refractivity contribution is 5.96. The molecule has 0 aliphatic rings. The maximum absolute atomic E-state index is 13.2. The van der Waals surface area contributed by atoms with E-state index >= 15 is 0 Å². The second-order valence-electron chi connectivity index (χ2n) is 7.05. The SMILES string of the molecule is COc1cccc(-c2cc(C(=O)N(C)CCc3ccccn3)cc(-n3cnnn3)c2)c1. The molecule has 0 bridgehead atoms. The number of ether oxygens (including phenoxy) is 1. The molecule has 0 spiro atoms. The Kier molecular flexibility index (Phi) is 5.98. The maximum Gasteiger partial charge on any atom is 0.253 e. The molecular formula is C23H22N6O2. The van der Waals surface area contributed by atoms with Gasteiger partial charge in [-0.1, -0.05) is 18.2 Å². The summed E-state index contributed by atoms with van der Waals surface area (Å²) in [5.41, 5.74) is 4.00. The molecule has 0 fully saturated rings. The molecule has 8 heteroatoms. The lowest BCUT2D eigenvalue weighted by atomic mass is 10.0. The summed E-state index contributed by atoms with van der Waals surface area (Å²) in [7, 11) is 3.42. The van der Waals surface area contributed by atoms with Gasteiger partial charge in [-0.15, -0.1) is 5.10 Å². The molecule has 1 amide bonds. The van der Waals surface area contributed by atoms with Gasteiger partial charge in [-0.2, -0.15) is 0 Å². The number of methoxy groups -OCH3 is 1. The highest BCUT2D eigenvalue weighted by Gasteiger charge is 2.16. The second-order valence-corrected chi connectivity index (χ2v) is 7.05. The number of nitrogens with zero attached hydrogens (tertiary/aromatic N) is 6. The third-order valence-corrected chi connectivity index (χ3v) is 4.96. The van der Waals surface area contributed by atoms with Crippen molar-refractivity contribution in [3.63, 3.8) is 0 Å². The number of rotatable bonds is 7. The van der Waals surface area contributed by atoms with Crippen LogP contribution in [0.15, 0.2) is 73.2 Å². The fourth-order valence-corrected chi connectivity index (χ4v) is 3.27. The number of carbonyl (C=O) groups excluding carboxylic acids is 1. The third kappa shape index (κ3) is 4.75. The molecule has 0 aliphatic heterocycles. The van der Waals surface area contributed by atoms with Crippen molar-refractivity contribution < 1.29 is 9.53 Å². The molecule has 0 saturated heterocycles. The molecule has 0 radical (unpaired) electrons. The molecule has 2 aromatic carbocycles. The summed E-state index contributed by atoms with van der Waals surface area (Å²) >= 11 is 0. The quantitative estimate of drug-likeness (QED) is 0.462. The van der Waals surface area contributed by atoms with Crippen molar-refractivity contribution in [2.45, 2.75) is 6.42 Å². The van der Waals surface area contributed by atoms with Gasteiger partial charge in [-0.25, -0.2) is 4.68 Å². The number of aromatic nitrogens is 5. The molecule has 31 heavy (non-hydrogen) atoms. The number of amides is 1. The van der Waals surface area contributed by atoms with Crippen LogP contribution in [0.2, 0.25) is 0 Å². The number of likely N-dealkylation sites (N-methyl/N-ethyl adjacent to an activating group) is 1. The van der Waals surface area contributed by atoms with Crippen molar-refractivity contribution in [2.75, 3.05) is 20.7 Å². The van der Waals surface area contributed by atoms with Crippen LogP contribution in [-0.2, 0) is 6.42 Å². The average Bonchev–Trinajstić information content (AvgIpc) is 3.37. The first kappa shape index (κ1) is 20.2. The summed E-state index contributed by atoms with van der Waals surface area (Å²) in [6.07, 6.45) is 3.94. The largest absolute Gasteiger partial charge is 0.497 e. The Balaban J connectivity index is 1.65. The number of carbonyl (C=O) groups is 1. The van der Waals surface area contributed by atoms with E-state index in [-0.39, 0.29) is 5.91 Å². The lowest BCUT2D eigenvalue weighted by Crippen LogP contribution is -2.29. The molecule has 0 aliphatic carbocycles. The minimum absolute atomic E-state index is 0.0880. The topological polar surface area (TPSA) is 86.0 Å². The Morgan fingerprint density at radius 2 is 1.97 bits per heavy atom. The summed E-state index contributed by atoms with van der Waals surface area (Å²) in [5, 5.41) is 11.4. The highest BCUT2D eigenvalue weighted by atomic mass is 16.5. The summed E-state index contributed by atoms with van der Waals surface area (Å²) in [6, 6.07) is 19.1. The number of pyridine rings is 1. The summed E-state index contributed by atoms with van der Waals surface area (Å²) in [4.78, 5) is 19.2. The Morgan fingerprint density at radius 1 is 1.06 bits per heavy atom. The first-order valence-corrected chi connectivity index (χ1v) is 9.82. The average molecular weight is 414 g/mol. The van der Waals surface area contributed by atoms with E-state index < -0.39 is 0 Å². The van der Waals surface area contributed by atoms with Crippen LogP contribution in [-0.4, -0.2) is 56.7 Å². The van der Waals surface area contributed by atoms with Crippen molar-refractivity contribution in [3.05, 3.63) is 84.4 Å². The standard InChI is InChI=1S/C23H22N6O2/c1-28(11-9-20-7-3-4-10-24-20)23(30)19-12-18(17-6-5-8-22(15-17)31-2)13-21(14-19)29-16-25-26-27-29/h3-8,10,12-16H,9,11H2,1-2H3. The Hall–Kier alpha value is -4.07. The van der Waals surface area contributed by atoms with Crippen LogP contribution < -0.4 is 4.74 Å². The molecule has 0 unspecified atom stereocenters. The summed E-state index contributed by atoms with van der Waals surface area (Å²) < 4.78 is 6.89. The highest BCUT2D eigenvalue weighted by Crippen LogP contribution is 2.27. The van der Waals surface area contributed by atoms with Crippen molar-refractivity contribution in [2.24, 2.45) is 0 Å². The molecule has 0 saturated carbocycles. The first-order valence-electron chi connectivity index (χ1n) is 9.82.